The van der Waals surface area contributed by atoms with Crippen LogP contribution < -0.4 is 10.6 Å². The Bertz CT molecular complexity index is 708. The van der Waals surface area contributed by atoms with Gasteiger partial charge in [-0.25, -0.2) is 4.98 Å². The van der Waals surface area contributed by atoms with Gasteiger partial charge in [-0.3, -0.25) is 0 Å². The molecule has 0 aliphatic carbocycles. The number of rotatable bonds is 4. The second kappa shape index (κ2) is 5.46. The van der Waals surface area contributed by atoms with Crippen molar-refractivity contribution in [3.8, 4) is 0 Å². The Morgan fingerprint density at radius 2 is 1.90 bits per heavy atom. The fraction of sp³-hybridized carbons (Fsp3) is 0.200. The predicted octanol–water partition coefficient (Wildman–Crippen LogP) is 3.91. The van der Waals surface area contributed by atoms with Gasteiger partial charge in [0.25, 0.3) is 0 Å². The van der Waals surface area contributed by atoms with E-state index in [0.29, 0.717) is 5.95 Å². The SMILES string of the molecule is CNc1nc(NC(C)c2ccccc2)c2ccsc2n1. The third-order valence-corrected chi connectivity index (χ3v) is 4.01. The van der Waals surface area contributed by atoms with Gasteiger partial charge >= 0.3 is 0 Å². The van der Waals surface area contributed by atoms with E-state index in [9.17, 15) is 0 Å². The third-order valence-electron chi connectivity index (χ3n) is 3.20. The van der Waals surface area contributed by atoms with E-state index in [1.807, 2.05) is 30.6 Å². The number of aromatic nitrogens is 2. The summed E-state index contributed by atoms with van der Waals surface area (Å²) in [5, 5.41) is 9.59. The van der Waals surface area contributed by atoms with Crippen LogP contribution in [0, 0.1) is 0 Å². The van der Waals surface area contributed by atoms with Gasteiger partial charge in [0.05, 0.1) is 5.39 Å². The summed E-state index contributed by atoms with van der Waals surface area (Å²) >= 11 is 1.62. The molecule has 1 unspecified atom stereocenters. The lowest BCUT2D eigenvalue weighted by molar-refractivity contribution is 0.876. The van der Waals surface area contributed by atoms with Gasteiger partial charge < -0.3 is 10.6 Å². The standard InChI is InChI=1S/C15H16N4S/c1-10(11-6-4-3-5-7-11)17-13-12-8-9-20-14(12)19-15(16-2)18-13/h3-10H,1-2H3,(H2,16,17,18,19). The molecule has 3 rings (SSSR count). The van der Waals surface area contributed by atoms with Crippen LogP contribution in [-0.2, 0) is 0 Å². The maximum absolute atomic E-state index is 4.53. The molecule has 0 bridgehead atoms. The van der Waals surface area contributed by atoms with E-state index >= 15 is 0 Å². The van der Waals surface area contributed by atoms with Crippen molar-refractivity contribution in [2.24, 2.45) is 0 Å². The summed E-state index contributed by atoms with van der Waals surface area (Å²) in [6.07, 6.45) is 0. The predicted molar refractivity (Wildman–Crippen MR) is 85.4 cm³/mol. The highest BCUT2D eigenvalue weighted by Crippen LogP contribution is 2.28. The summed E-state index contributed by atoms with van der Waals surface area (Å²) in [5.41, 5.74) is 1.24. The van der Waals surface area contributed by atoms with Gasteiger partial charge in [0.15, 0.2) is 0 Å². The summed E-state index contributed by atoms with van der Waals surface area (Å²) in [6, 6.07) is 12.6. The van der Waals surface area contributed by atoms with Crippen LogP contribution in [0.25, 0.3) is 10.2 Å². The average Bonchev–Trinajstić information content (AvgIpc) is 2.96. The van der Waals surface area contributed by atoms with Crippen molar-refractivity contribution in [1.82, 2.24) is 9.97 Å². The summed E-state index contributed by atoms with van der Waals surface area (Å²) in [6.45, 7) is 2.13. The zero-order valence-electron chi connectivity index (χ0n) is 11.4. The molecule has 2 N–H and O–H groups in total. The summed E-state index contributed by atoms with van der Waals surface area (Å²) in [4.78, 5) is 9.97. The zero-order valence-corrected chi connectivity index (χ0v) is 12.2. The second-order valence-electron chi connectivity index (χ2n) is 4.56. The van der Waals surface area contributed by atoms with Crippen molar-refractivity contribution in [2.75, 3.05) is 17.7 Å². The van der Waals surface area contributed by atoms with E-state index in [-0.39, 0.29) is 6.04 Å². The van der Waals surface area contributed by atoms with Gasteiger partial charge in [-0.1, -0.05) is 30.3 Å². The van der Waals surface area contributed by atoms with E-state index < -0.39 is 0 Å². The molecule has 0 saturated heterocycles. The molecule has 102 valence electrons. The number of anilines is 2. The van der Waals surface area contributed by atoms with Crippen LogP contribution in [0.2, 0.25) is 0 Å². The molecule has 1 aromatic carbocycles. The quantitative estimate of drug-likeness (QED) is 0.762. The largest absolute Gasteiger partial charge is 0.363 e. The van der Waals surface area contributed by atoms with Gasteiger partial charge in [0.2, 0.25) is 5.95 Å². The molecule has 2 heterocycles. The topological polar surface area (TPSA) is 49.8 Å². The van der Waals surface area contributed by atoms with E-state index in [1.165, 1.54) is 5.56 Å². The molecule has 0 aliphatic heterocycles. The Hall–Kier alpha value is -2.14. The van der Waals surface area contributed by atoms with Gasteiger partial charge in [-0.05, 0) is 23.9 Å². The summed E-state index contributed by atoms with van der Waals surface area (Å²) < 4.78 is 0. The Balaban J connectivity index is 1.95. The lowest BCUT2D eigenvalue weighted by Crippen LogP contribution is -2.09. The molecular formula is C15H16N4S. The maximum Gasteiger partial charge on any atom is 0.225 e. The molecule has 0 radical (unpaired) electrons. The first-order valence-electron chi connectivity index (χ1n) is 6.52. The highest BCUT2D eigenvalue weighted by molar-refractivity contribution is 7.16. The smallest absolute Gasteiger partial charge is 0.225 e. The molecule has 3 aromatic rings. The van der Waals surface area contributed by atoms with Crippen molar-refractivity contribution in [1.29, 1.82) is 0 Å². The van der Waals surface area contributed by atoms with Crippen LogP contribution in [0.4, 0.5) is 11.8 Å². The molecule has 1 atom stereocenters. The fourth-order valence-corrected chi connectivity index (χ4v) is 2.87. The molecule has 2 aromatic heterocycles. The van der Waals surface area contributed by atoms with Crippen molar-refractivity contribution in [2.45, 2.75) is 13.0 Å². The number of hydrogen-bond acceptors (Lipinski definition) is 5. The van der Waals surface area contributed by atoms with Gasteiger partial charge in [0.1, 0.15) is 10.6 Å². The first-order valence-corrected chi connectivity index (χ1v) is 7.40. The fourth-order valence-electron chi connectivity index (χ4n) is 2.11. The maximum atomic E-state index is 4.53. The second-order valence-corrected chi connectivity index (χ2v) is 5.46. The van der Waals surface area contributed by atoms with Crippen molar-refractivity contribution < 1.29 is 0 Å². The molecule has 0 spiro atoms. The van der Waals surface area contributed by atoms with E-state index in [2.05, 4.69) is 45.7 Å². The minimum Gasteiger partial charge on any atom is -0.363 e. The van der Waals surface area contributed by atoms with Crippen molar-refractivity contribution in [3.05, 3.63) is 47.3 Å². The average molecular weight is 284 g/mol. The van der Waals surface area contributed by atoms with Crippen LogP contribution in [0.1, 0.15) is 18.5 Å². The number of nitrogens with zero attached hydrogens (tertiary/aromatic N) is 2. The highest BCUT2D eigenvalue weighted by Gasteiger charge is 2.11. The molecule has 20 heavy (non-hydrogen) atoms. The van der Waals surface area contributed by atoms with E-state index in [0.717, 1.165) is 16.0 Å². The lowest BCUT2D eigenvalue weighted by Gasteiger charge is -2.16. The minimum absolute atomic E-state index is 0.193. The molecule has 0 fully saturated rings. The van der Waals surface area contributed by atoms with E-state index in [1.54, 1.807) is 11.3 Å². The first-order chi connectivity index (χ1) is 9.78. The molecule has 0 aliphatic rings. The van der Waals surface area contributed by atoms with Crippen molar-refractivity contribution >= 4 is 33.3 Å². The molecule has 5 heteroatoms. The van der Waals surface area contributed by atoms with Gasteiger partial charge in [-0.15, -0.1) is 11.3 Å². The van der Waals surface area contributed by atoms with Crippen LogP contribution in [0.15, 0.2) is 41.8 Å². The first kappa shape index (κ1) is 12.9. The number of thiophene rings is 1. The number of nitrogens with one attached hydrogen (secondary N) is 2. The third kappa shape index (κ3) is 2.44. The monoisotopic (exact) mass is 284 g/mol. The summed E-state index contributed by atoms with van der Waals surface area (Å²) in [5.74, 6) is 1.51. The molecule has 4 nitrogen and oxygen atoms in total. The Morgan fingerprint density at radius 1 is 1.10 bits per heavy atom. The van der Waals surface area contributed by atoms with Gasteiger partial charge in [-0.2, -0.15) is 4.98 Å². The molecule has 0 amide bonds. The van der Waals surface area contributed by atoms with Crippen LogP contribution in [-0.4, -0.2) is 17.0 Å². The Labute approximate surface area is 121 Å². The molecular weight excluding hydrogens is 268 g/mol. The Morgan fingerprint density at radius 3 is 2.65 bits per heavy atom. The highest BCUT2D eigenvalue weighted by atomic mass is 32.1. The van der Waals surface area contributed by atoms with E-state index in [4.69, 9.17) is 0 Å². The van der Waals surface area contributed by atoms with Crippen molar-refractivity contribution in [3.63, 3.8) is 0 Å². The zero-order chi connectivity index (χ0) is 13.9. The molecule has 0 saturated carbocycles. The van der Waals surface area contributed by atoms with Crippen LogP contribution in [0.3, 0.4) is 0 Å². The Kier molecular flexibility index (Phi) is 3.52. The van der Waals surface area contributed by atoms with Crippen LogP contribution in [0.5, 0.6) is 0 Å². The lowest BCUT2D eigenvalue weighted by atomic mass is 10.1. The van der Waals surface area contributed by atoms with Gasteiger partial charge in [0, 0.05) is 13.1 Å². The summed E-state index contributed by atoms with van der Waals surface area (Å²) in [7, 11) is 1.83. The number of hydrogen-bond donors (Lipinski definition) is 2. The number of fused-ring (bicyclic) bond motifs is 1. The minimum atomic E-state index is 0.193. The normalized spacial score (nSPS) is 12.3. The number of benzene rings is 1. The van der Waals surface area contributed by atoms with Crippen LogP contribution >= 0.6 is 11.3 Å².